The minimum absolute atomic E-state index is 0.191. The van der Waals surface area contributed by atoms with Gasteiger partial charge in [-0.3, -0.25) is 4.79 Å². The number of carboxylic acid groups (broad SMARTS) is 1. The highest BCUT2D eigenvalue weighted by Gasteiger charge is 2.23. The molecule has 0 aliphatic heterocycles. The van der Waals surface area contributed by atoms with E-state index in [4.69, 9.17) is 5.11 Å². The maximum Gasteiger partial charge on any atom is 0.306 e. The van der Waals surface area contributed by atoms with Crippen molar-refractivity contribution in [3.05, 3.63) is 33.8 Å². The Morgan fingerprint density at radius 2 is 2.21 bits per heavy atom. The van der Waals surface area contributed by atoms with Gasteiger partial charge in [-0.15, -0.1) is 0 Å². The summed E-state index contributed by atoms with van der Waals surface area (Å²) in [4.78, 5) is 10.8. The largest absolute Gasteiger partial charge is 0.481 e. The quantitative estimate of drug-likeness (QED) is 0.837. The monoisotopic (exact) mass is 254 g/mol. The number of hydrogen-bond acceptors (Lipinski definition) is 1. The molecule has 0 heterocycles. The van der Waals surface area contributed by atoms with Crippen molar-refractivity contribution in [1.82, 2.24) is 0 Å². The Bertz CT molecular complexity index is 374. The van der Waals surface area contributed by atoms with Crippen LogP contribution in [0.4, 0.5) is 0 Å². The fraction of sp³-hybridized carbons (Fsp3) is 0.364. The van der Waals surface area contributed by atoms with Gasteiger partial charge in [-0.25, -0.2) is 0 Å². The molecule has 0 saturated heterocycles. The van der Waals surface area contributed by atoms with E-state index >= 15 is 0 Å². The molecule has 0 fully saturated rings. The molecule has 0 saturated carbocycles. The second kappa shape index (κ2) is 3.73. The molecule has 14 heavy (non-hydrogen) atoms. The molecule has 1 aliphatic carbocycles. The van der Waals surface area contributed by atoms with E-state index in [-0.39, 0.29) is 5.92 Å². The van der Waals surface area contributed by atoms with Crippen molar-refractivity contribution in [2.24, 2.45) is 5.92 Å². The summed E-state index contributed by atoms with van der Waals surface area (Å²) in [5, 5.41) is 8.91. The average molecular weight is 255 g/mol. The molecule has 0 radical (unpaired) electrons. The van der Waals surface area contributed by atoms with E-state index in [9.17, 15) is 4.79 Å². The Labute approximate surface area is 91.1 Å². The normalized spacial score (nSPS) is 20.2. The molecule has 0 amide bonds. The zero-order chi connectivity index (χ0) is 10.1. The first-order chi connectivity index (χ1) is 6.66. The van der Waals surface area contributed by atoms with Crippen LogP contribution in [0.5, 0.6) is 0 Å². The van der Waals surface area contributed by atoms with Crippen LogP contribution in [0.3, 0.4) is 0 Å². The first kappa shape index (κ1) is 9.71. The molecule has 74 valence electrons. The Hall–Kier alpha value is -0.830. The van der Waals surface area contributed by atoms with Gasteiger partial charge in [-0.1, -0.05) is 22.0 Å². The van der Waals surface area contributed by atoms with E-state index in [1.54, 1.807) is 0 Å². The van der Waals surface area contributed by atoms with Crippen LogP contribution in [-0.2, 0) is 17.6 Å². The third-order valence-electron chi connectivity index (χ3n) is 2.75. The van der Waals surface area contributed by atoms with Crippen molar-refractivity contribution in [2.45, 2.75) is 19.3 Å². The van der Waals surface area contributed by atoms with Gasteiger partial charge >= 0.3 is 5.97 Å². The third-order valence-corrected chi connectivity index (χ3v) is 3.24. The van der Waals surface area contributed by atoms with Crippen LogP contribution in [0.15, 0.2) is 22.7 Å². The lowest BCUT2D eigenvalue weighted by atomic mass is 9.84. The predicted molar refractivity (Wildman–Crippen MR) is 57.3 cm³/mol. The molecule has 1 aromatic carbocycles. The van der Waals surface area contributed by atoms with Crippen molar-refractivity contribution >= 4 is 21.9 Å². The van der Waals surface area contributed by atoms with Gasteiger partial charge in [0.1, 0.15) is 0 Å². The minimum atomic E-state index is -0.668. The van der Waals surface area contributed by atoms with Gasteiger partial charge in [0.25, 0.3) is 0 Å². The van der Waals surface area contributed by atoms with Crippen LogP contribution in [-0.4, -0.2) is 11.1 Å². The highest BCUT2D eigenvalue weighted by atomic mass is 79.9. The van der Waals surface area contributed by atoms with E-state index in [0.717, 1.165) is 17.3 Å². The minimum Gasteiger partial charge on any atom is -0.481 e. The zero-order valence-corrected chi connectivity index (χ0v) is 9.25. The summed E-state index contributed by atoms with van der Waals surface area (Å²) in [6.07, 6.45) is 2.32. The van der Waals surface area contributed by atoms with Gasteiger partial charge in [0.05, 0.1) is 5.92 Å². The highest BCUT2D eigenvalue weighted by molar-refractivity contribution is 9.10. The molecule has 1 N–H and O–H groups in total. The number of aryl methyl sites for hydroxylation is 1. The summed E-state index contributed by atoms with van der Waals surface area (Å²) in [5.41, 5.74) is 2.48. The first-order valence-corrected chi connectivity index (χ1v) is 5.46. The number of carboxylic acids is 1. The molecule has 0 unspecified atom stereocenters. The maximum atomic E-state index is 10.8. The Morgan fingerprint density at radius 1 is 1.43 bits per heavy atom. The van der Waals surface area contributed by atoms with Crippen LogP contribution in [0.2, 0.25) is 0 Å². The smallest absolute Gasteiger partial charge is 0.306 e. The second-order valence-electron chi connectivity index (χ2n) is 3.69. The number of aliphatic carboxylic acids is 1. The van der Waals surface area contributed by atoms with Crippen LogP contribution >= 0.6 is 15.9 Å². The molecule has 0 bridgehead atoms. The lowest BCUT2D eigenvalue weighted by molar-refractivity contribution is -0.142. The van der Waals surface area contributed by atoms with Crippen molar-refractivity contribution < 1.29 is 9.90 Å². The summed E-state index contributed by atoms with van der Waals surface area (Å²) in [5.74, 6) is -0.859. The standard InChI is InChI=1S/C11H11BrO2/c12-10-4-3-7-5-9(11(13)14)2-1-8(7)6-10/h3-4,6,9H,1-2,5H2,(H,13,14)/t9-/m1/s1. The van der Waals surface area contributed by atoms with Crippen molar-refractivity contribution in [2.75, 3.05) is 0 Å². The van der Waals surface area contributed by atoms with Crippen LogP contribution in [0.1, 0.15) is 17.5 Å². The number of hydrogen-bond donors (Lipinski definition) is 1. The van der Waals surface area contributed by atoms with Crippen LogP contribution in [0.25, 0.3) is 0 Å². The summed E-state index contributed by atoms with van der Waals surface area (Å²) in [7, 11) is 0. The van der Waals surface area contributed by atoms with Crippen LogP contribution < -0.4 is 0 Å². The summed E-state index contributed by atoms with van der Waals surface area (Å²) in [6.45, 7) is 0. The van der Waals surface area contributed by atoms with Gasteiger partial charge in [0.15, 0.2) is 0 Å². The molecule has 2 nitrogen and oxygen atoms in total. The molecule has 3 heteroatoms. The van der Waals surface area contributed by atoms with Crippen molar-refractivity contribution in [1.29, 1.82) is 0 Å². The van der Waals surface area contributed by atoms with Gasteiger partial charge in [-0.2, -0.15) is 0 Å². The molecule has 2 rings (SSSR count). The van der Waals surface area contributed by atoms with Crippen LogP contribution in [0, 0.1) is 5.92 Å². The Balaban J connectivity index is 2.27. The molecule has 1 atom stereocenters. The third kappa shape index (κ3) is 1.82. The van der Waals surface area contributed by atoms with Gasteiger partial charge < -0.3 is 5.11 Å². The lowest BCUT2D eigenvalue weighted by Crippen LogP contribution is -2.22. The molecular weight excluding hydrogens is 244 g/mol. The fourth-order valence-corrected chi connectivity index (χ4v) is 2.34. The second-order valence-corrected chi connectivity index (χ2v) is 4.61. The topological polar surface area (TPSA) is 37.3 Å². The fourth-order valence-electron chi connectivity index (χ4n) is 1.93. The highest BCUT2D eigenvalue weighted by Crippen LogP contribution is 2.27. The SMILES string of the molecule is O=C(O)[C@@H]1CCc2cc(Br)ccc2C1. The van der Waals surface area contributed by atoms with Crippen molar-refractivity contribution in [3.63, 3.8) is 0 Å². The summed E-state index contributed by atoms with van der Waals surface area (Å²) < 4.78 is 1.07. The Kier molecular flexibility index (Phi) is 2.59. The van der Waals surface area contributed by atoms with E-state index in [1.807, 2.05) is 12.1 Å². The first-order valence-electron chi connectivity index (χ1n) is 4.67. The predicted octanol–water partition coefficient (Wildman–Crippen LogP) is 2.64. The molecular formula is C11H11BrO2. The zero-order valence-electron chi connectivity index (χ0n) is 7.66. The number of benzene rings is 1. The summed E-state index contributed by atoms with van der Waals surface area (Å²) >= 11 is 3.42. The Morgan fingerprint density at radius 3 is 2.93 bits per heavy atom. The molecule has 0 spiro atoms. The van der Waals surface area contributed by atoms with Gasteiger partial charge in [0.2, 0.25) is 0 Å². The maximum absolute atomic E-state index is 10.8. The number of halogens is 1. The molecule has 1 aromatic rings. The number of carbonyl (C=O) groups is 1. The summed E-state index contributed by atoms with van der Waals surface area (Å²) in [6, 6.07) is 6.09. The van der Waals surface area contributed by atoms with Gasteiger partial charge in [0, 0.05) is 4.47 Å². The number of rotatable bonds is 1. The lowest BCUT2D eigenvalue weighted by Gasteiger charge is -2.21. The van der Waals surface area contributed by atoms with E-state index in [0.29, 0.717) is 6.42 Å². The average Bonchev–Trinajstić information content (AvgIpc) is 2.16. The molecule has 0 aromatic heterocycles. The van der Waals surface area contributed by atoms with Gasteiger partial charge in [-0.05, 0) is 42.5 Å². The molecule has 1 aliphatic rings. The van der Waals surface area contributed by atoms with E-state index in [1.165, 1.54) is 11.1 Å². The van der Waals surface area contributed by atoms with E-state index < -0.39 is 5.97 Å². The van der Waals surface area contributed by atoms with E-state index in [2.05, 4.69) is 22.0 Å². The van der Waals surface area contributed by atoms with Crippen molar-refractivity contribution in [3.8, 4) is 0 Å². The number of fused-ring (bicyclic) bond motifs is 1.